The molecule has 0 aliphatic carbocycles. The molecule has 4 heterocycles. The Kier molecular flexibility index (Phi) is 14.0. The Bertz CT molecular complexity index is 1280. The fraction of sp³-hybridized carbons (Fsp3) is 0.500. The summed E-state index contributed by atoms with van der Waals surface area (Å²) in [7, 11) is 0. The largest absolute Gasteiger partial charge is 0.473 e. The number of nitrogens with one attached hydrogen (secondary N) is 2. The Morgan fingerprint density at radius 3 is 2.21 bits per heavy atom. The minimum absolute atomic E-state index is 0.419. The van der Waals surface area contributed by atoms with Crippen molar-refractivity contribution >= 4 is 57.5 Å². The van der Waals surface area contributed by atoms with E-state index in [-0.39, 0.29) is 0 Å². The number of hydrogen-bond donors (Lipinski definition) is 6. The fourth-order valence-electron chi connectivity index (χ4n) is 3.75. The van der Waals surface area contributed by atoms with Crippen LogP contribution < -0.4 is 10.6 Å². The minimum atomic E-state index is -1.82. The summed E-state index contributed by atoms with van der Waals surface area (Å²) in [6.07, 6.45) is 4.01. The second-order valence-electron chi connectivity index (χ2n) is 8.66. The van der Waals surface area contributed by atoms with Crippen LogP contribution >= 0.6 is 11.3 Å². The zero-order valence-corrected chi connectivity index (χ0v) is 23.9. The SMILES string of the molecule is CCOCCn1c(NC2CCN(CCNc3nnc(C)s3)CC2)nc2cccnc21.O=C(O)C(=O)O.O=C(O)C(=O)O. The molecule has 0 saturated carbocycles. The van der Waals surface area contributed by atoms with Crippen molar-refractivity contribution < 1.29 is 44.3 Å². The Labute approximate surface area is 244 Å². The fourth-order valence-corrected chi connectivity index (χ4v) is 4.37. The van der Waals surface area contributed by atoms with E-state index in [0.29, 0.717) is 12.6 Å². The summed E-state index contributed by atoms with van der Waals surface area (Å²) < 4.78 is 7.71. The van der Waals surface area contributed by atoms with Gasteiger partial charge in [-0.25, -0.2) is 29.1 Å². The van der Waals surface area contributed by atoms with Crippen LogP contribution in [0.25, 0.3) is 11.2 Å². The van der Waals surface area contributed by atoms with Crippen molar-refractivity contribution in [3.8, 4) is 0 Å². The topological polar surface area (TPSA) is 242 Å². The normalized spacial score (nSPS) is 13.3. The van der Waals surface area contributed by atoms with Gasteiger partial charge in [0.15, 0.2) is 5.65 Å². The maximum atomic E-state index is 9.10. The Hall–Kier alpha value is -4.42. The summed E-state index contributed by atoms with van der Waals surface area (Å²) in [5.41, 5.74) is 1.84. The van der Waals surface area contributed by atoms with Crippen molar-refractivity contribution in [3.63, 3.8) is 0 Å². The Balaban J connectivity index is 0.000000434. The predicted molar refractivity (Wildman–Crippen MR) is 151 cm³/mol. The third-order valence-electron chi connectivity index (χ3n) is 5.68. The highest BCUT2D eigenvalue weighted by Gasteiger charge is 2.21. The number of piperidine rings is 1. The molecule has 1 aliphatic heterocycles. The van der Waals surface area contributed by atoms with Gasteiger partial charge in [-0.1, -0.05) is 11.3 Å². The van der Waals surface area contributed by atoms with E-state index in [1.165, 1.54) is 0 Å². The number of ether oxygens (including phenoxy) is 1. The van der Waals surface area contributed by atoms with Gasteiger partial charge in [-0.05, 0) is 38.8 Å². The number of aliphatic carboxylic acids is 4. The smallest absolute Gasteiger partial charge is 0.414 e. The maximum Gasteiger partial charge on any atom is 0.414 e. The third kappa shape index (κ3) is 11.6. The number of likely N-dealkylation sites (tertiary alicyclic amines) is 1. The average molecular weight is 611 g/mol. The summed E-state index contributed by atoms with van der Waals surface area (Å²) in [6.45, 7) is 10.2. The molecule has 0 bridgehead atoms. The number of carbonyl (C=O) groups is 4. The molecule has 0 aromatic carbocycles. The number of anilines is 2. The van der Waals surface area contributed by atoms with Gasteiger partial charge < -0.3 is 40.7 Å². The van der Waals surface area contributed by atoms with E-state index >= 15 is 0 Å². The van der Waals surface area contributed by atoms with Crippen molar-refractivity contribution in [1.29, 1.82) is 0 Å². The summed E-state index contributed by atoms with van der Waals surface area (Å²) in [6, 6.07) is 4.36. The molecule has 0 amide bonds. The summed E-state index contributed by atoms with van der Waals surface area (Å²) in [5, 5.41) is 46.7. The number of aryl methyl sites for hydroxylation is 1. The Morgan fingerprint density at radius 2 is 1.67 bits per heavy atom. The molecule has 3 aromatic heterocycles. The standard InChI is InChI=1S/C20H30N8OS.2C2H2O4/c1-3-29-14-13-28-18-17(5-4-8-21-18)24-19(28)23-16-6-10-27(11-7-16)12-9-22-20-26-25-15(2)30-20;2*3-1(4)2(5)6/h4-5,8,16H,3,6-7,9-14H2,1-2H3,(H,22,26)(H,23,24);2*(H,3,4)(H,5,6). The molecule has 0 spiro atoms. The second kappa shape index (κ2) is 17.4. The summed E-state index contributed by atoms with van der Waals surface area (Å²) >= 11 is 1.60. The van der Waals surface area contributed by atoms with Crippen LogP contribution in [-0.4, -0.2) is 119 Å². The molecule has 4 rings (SSSR count). The van der Waals surface area contributed by atoms with Crippen molar-refractivity contribution in [1.82, 2.24) is 29.6 Å². The zero-order chi connectivity index (χ0) is 31.1. The number of fused-ring (bicyclic) bond motifs is 1. The lowest BCUT2D eigenvalue weighted by Gasteiger charge is -2.32. The van der Waals surface area contributed by atoms with Crippen molar-refractivity contribution in [2.75, 3.05) is 50.0 Å². The molecule has 230 valence electrons. The summed E-state index contributed by atoms with van der Waals surface area (Å²) in [5.74, 6) is -6.40. The van der Waals surface area contributed by atoms with Gasteiger partial charge in [-0.3, -0.25) is 4.57 Å². The van der Waals surface area contributed by atoms with Gasteiger partial charge in [0.2, 0.25) is 11.1 Å². The van der Waals surface area contributed by atoms with E-state index in [4.69, 9.17) is 49.3 Å². The van der Waals surface area contributed by atoms with Crippen molar-refractivity contribution in [2.45, 2.75) is 39.3 Å². The van der Waals surface area contributed by atoms with E-state index in [1.54, 1.807) is 11.3 Å². The predicted octanol–water partition coefficient (Wildman–Crippen LogP) is 0.927. The van der Waals surface area contributed by atoms with Crippen LogP contribution in [0.4, 0.5) is 11.1 Å². The van der Waals surface area contributed by atoms with Crippen LogP contribution in [0.5, 0.6) is 0 Å². The number of carboxylic acids is 4. The van der Waals surface area contributed by atoms with Crippen LogP contribution in [0.15, 0.2) is 18.3 Å². The van der Waals surface area contributed by atoms with Crippen LogP contribution in [-0.2, 0) is 30.5 Å². The van der Waals surface area contributed by atoms with E-state index < -0.39 is 23.9 Å². The van der Waals surface area contributed by atoms with Gasteiger partial charge in [0.05, 0.1) is 13.2 Å². The van der Waals surface area contributed by atoms with Crippen LogP contribution in [0.1, 0.15) is 24.8 Å². The van der Waals surface area contributed by atoms with Crippen molar-refractivity contribution in [2.24, 2.45) is 0 Å². The van der Waals surface area contributed by atoms with Crippen molar-refractivity contribution in [3.05, 3.63) is 23.3 Å². The molecule has 1 saturated heterocycles. The van der Waals surface area contributed by atoms with Gasteiger partial charge >= 0.3 is 23.9 Å². The molecule has 0 unspecified atom stereocenters. The number of rotatable bonds is 10. The lowest BCUT2D eigenvalue weighted by molar-refractivity contribution is -0.159. The molecule has 0 atom stereocenters. The molecule has 42 heavy (non-hydrogen) atoms. The van der Waals surface area contributed by atoms with E-state index in [2.05, 4.69) is 35.3 Å². The molecule has 1 fully saturated rings. The van der Waals surface area contributed by atoms with Gasteiger partial charge in [-0.2, -0.15) is 0 Å². The van der Waals surface area contributed by atoms with Gasteiger partial charge in [0, 0.05) is 45.0 Å². The van der Waals surface area contributed by atoms with E-state index in [0.717, 1.165) is 79.4 Å². The number of nitrogens with zero attached hydrogens (tertiary/aromatic N) is 6. The zero-order valence-electron chi connectivity index (χ0n) is 23.1. The molecule has 0 radical (unpaired) electrons. The number of imidazole rings is 1. The quantitative estimate of drug-likeness (QED) is 0.138. The first kappa shape index (κ1) is 33.8. The highest BCUT2D eigenvalue weighted by Crippen LogP contribution is 2.21. The molecule has 6 N–H and O–H groups in total. The number of carboxylic acid groups (broad SMARTS) is 4. The number of pyridine rings is 1. The lowest BCUT2D eigenvalue weighted by atomic mass is 10.1. The van der Waals surface area contributed by atoms with Crippen LogP contribution in [0, 0.1) is 6.92 Å². The van der Waals surface area contributed by atoms with Gasteiger partial charge in [-0.15, -0.1) is 10.2 Å². The number of hydrogen-bond acceptors (Lipinski definition) is 13. The maximum absolute atomic E-state index is 9.10. The highest BCUT2D eigenvalue weighted by atomic mass is 32.1. The van der Waals surface area contributed by atoms with E-state index in [9.17, 15) is 0 Å². The van der Waals surface area contributed by atoms with Gasteiger partial charge in [0.25, 0.3) is 0 Å². The monoisotopic (exact) mass is 610 g/mol. The first-order valence-electron chi connectivity index (χ1n) is 12.9. The first-order chi connectivity index (χ1) is 20.0. The molecular weight excluding hydrogens is 576 g/mol. The number of aromatic nitrogens is 5. The molecule has 17 nitrogen and oxygen atoms in total. The first-order valence-corrected chi connectivity index (χ1v) is 13.7. The van der Waals surface area contributed by atoms with E-state index in [1.807, 2.05) is 32.2 Å². The molecule has 3 aromatic rings. The molecule has 18 heteroatoms. The lowest BCUT2D eigenvalue weighted by Crippen LogP contribution is -2.41. The highest BCUT2D eigenvalue weighted by molar-refractivity contribution is 7.15. The minimum Gasteiger partial charge on any atom is -0.473 e. The summed E-state index contributed by atoms with van der Waals surface area (Å²) in [4.78, 5) is 48.2. The van der Waals surface area contributed by atoms with Crippen LogP contribution in [0.2, 0.25) is 0 Å². The second-order valence-corrected chi connectivity index (χ2v) is 9.85. The average Bonchev–Trinajstić information content (AvgIpc) is 3.53. The molecule has 1 aliphatic rings. The third-order valence-corrected chi connectivity index (χ3v) is 6.48. The molecular formula is C24H34N8O9S. The Morgan fingerprint density at radius 1 is 1.02 bits per heavy atom. The van der Waals surface area contributed by atoms with Crippen LogP contribution in [0.3, 0.4) is 0 Å². The van der Waals surface area contributed by atoms with Gasteiger partial charge in [0.1, 0.15) is 10.5 Å².